The Balaban J connectivity index is 1.35. The molecule has 1 fully saturated rings. The smallest absolute Gasteiger partial charge is 0.228 e. The first-order valence-electron chi connectivity index (χ1n) is 9.39. The molecule has 2 amide bonds. The molecule has 0 radical (unpaired) electrons. The highest BCUT2D eigenvalue weighted by molar-refractivity contribution is 7.99. The zero-order chi connectivity index (χ0) is 19.5. The minimum Gasteiger partial charge on any atom is -0.332 e. The van der Waals surface area contributed by atoms with Crippen molar-refractivity contribution in [3.63, 3.8) is 0 Å². The summed E-state index contributed by atoms with van der Waals surface area (Å²) in [5, 5.41) is 6.17. The molecular formula is C21H22FN3O2S. The van der Waals surface area contributed by atoms with Crippen LogP contribution in [0.15, 0.2) is 48.5 Å². The summed E-state index contributed by atoms with van der Waals surface area (Å²) in [6, 6.07) is 14.3. The molecule has 146 valence electrons. The fourth-order valence-corrected chi connectivity index (χ4v) is 4.76. The number of thioether (sulfide) groups is 1. The molecule has 28 heavy (non-hydrogen) atoms. The monoisotopic (exact) mass is 399 g/mol. The maximum atomic E-state index is 13.8. The molecule has 0 spiro atoms. The topological polar surface area (TPSA) is 61.4 Å². The fourth-order valence-electron chi connectivity index (χ4n) is 3.67. The van der Waals surface area contributed by atoms with Gasteiger partial charge >= 0.3 is 0 Å². The van der Waals surface area contributed by atoms with E-state index in [9.17, 15) is 14.0 Å². The molecule has 0 bridgehead atoms. The lowest BCUT2D eigenvalue weighted by atomic mass is 10.1. The maximum Gasteiger partial charge on any atom is 0.228 e. The lowest BCUT2D eigenvalue weighted by Gasteiger charge is -2.32. The second-order valence-corrected chi connectivity index (χ2v) is 8.14. The molecule has 2 heterocycles. The lowest BCUT2D eigenvalue weighted by Crippen LogP contribution is -2.55. The average Bonchev–Trinajstić information content (AvgIpc) is 3.11. The van der Waals surface area contributed by atoms with E-state index in [0.29, 0.717) is 17.9 Å². The van der Waals surface area contributed by atoms with Crippen LogP contribution in [0.2, 0.25) is 0 Å². The number of para-hydroxylation sites is 1. The Morgan fingerprint density at radius 1 is 1.18 bits per heavy atom. The number of amides is 2. The molecular weight excluding hydrogens is 377 g/mol. The molecule has 2 aromatic rings. The Morgan fingerprint density at radius 2 is 1.96 bits per heavy atom. The molecule has 5 nitrogen and oxygen atoms in total. The van der Waals surface area contributed by atoms with Crippen LogP contribution in [0.25, 0.3) is 0 Å². The van der Waals surface area contributed by atoms with Crippen LogP contribution in [-0.4, -0.2) is 29.9 Å². The molecule has 0 saturated carbocycles. The molecule has 4 rings (SSSR count). The SMILES string of the molecule is O=C1CC(CC(=O)N2CCc3ccccc32)NC(SCc2ccccc2F)N1. The van der Waals surface area contributed by atoms with Crippen molar-refractivity contribution in [1.82, 2.24) is 10.6 Å². The van der Waals surface area contributed by atoms with Gasteiger partial charge in [-0.2, -0.15) is 0 Å². The van der Waals surface area contributed by atoms with Crippen LogP contribution in [0.3, 0.4) is 0 Å². The van der Waals surface area contributed by atoms with Crippen molar-refractivity contribution in [3.05, 3.63) is 65.5 Å². The highest BCUT2D eigenvalue weighted by Crippen LogP contribution is 2.28. The van der Waals surface area contributed by atoms with Gasteiger partial charge in [-0.1, -0.05) is 36.4 Å². The van der Waals surface area contributed by atoms with Gasteiger partial charge in [0.05, 0.1) is 0 Å². The van der Waals surface area contributed by atoms with Crippen molar-refractivity contribution in [1.29, 1.82) is 0 Å². The summed E-state index contributed by atoms with van der Waals surface area (Å²) in [7, 11) is 0. The highest BCUT2D eigenvalue weighted by atomic mass is 32.2. The molecule has 2 aliphatic rings. The number of anilines is 1. The number of carbonyl (C=O) groups is 2. The van der Waals surface area contributed by atoms with Gasteiger partial charge in [-0.05, 0) is 29.7 Å². The van der Waals surface area contributed by atoms with Gasteiger partial charge in [0, 0.05) is 36.9 Å². The summed E-state index contributed by atoms with van der Waals surface area (Å²) in [6.45, 7) is 0.683. The summed E-state index contributed by atoms with van der Waals surface area (Å²) in [4.78, 5) is 26.7. The summed E-state index contributed by atoms with van der Waals surface area (Å²) in [5.74, 6) is 0.112. The zero-order valence-electron chi connectivity index (χ0n) is 15.4. The van der Waals surface area contributed by atoms with Crippen molar-refractivity contribution < 1.29 is 14.0 Å². The van der Waals surface area contributed by atoms with Crippen molar-refractivity contribution in [2.45, 2.75) is 36.6 Å². The predicted molar refractivity (Wildman–Crippen MR) is 108 cm³/mol. The number of carbonyl (C=O) groups excluding carboxylic acids is 2. The fraction of sp³-hybridized carbons (Fsp3) is 0.333. The van der Waals surface area contributed by atoms with E-state index in [1.54, 1.807) is 18.2 Å². The van der Waals surface area contributed by atoms with Crippen LogP contribution in [0.1, 0.15) is 24.0 Å². The van der Waals surface area contributed by atoms with Gasteiger partial charge in [0.1, 0.15) is 11.3 Å². The Morgan fingerprint density at radius 3 is 2.82 bits per heavy atom. The first-order chi connectivity index (χ1) is 13.6. The van der Waals surface area contributed by atoms with E-state index in [0.717, 1.165) is 12.1 Å². The third-order valence-electron chi connectivity index (χ3n) is 5.08. The first-order valence-corrected chi connectivity index (χ1v) is 10.4. The number of halogens is 1. The minimum absolute atomic E-state index is 0.0232. The largest absolute Gasteiger partial charge is 0.332 e. The molecule has 0 aromatic heterocycles. The summed E-state index contributed by atoms with van der Waals surface area (Å²) in [6.07, 6.45) is 1.39. The molecule has 2 atom stereocenters. The van der Waals surface area contributed by atoms with Crippen LogP contribution in [-0.2, 0) is 21.8 Å². The minimum atomic E-state index is -0.343. The number of hydrogen-bond donors (Lipinski definition) is 2. The lowest BCUT2D eigenvalue weighted by molar-refractivity contribution is -0.124. The summed E-state index contributed by atoms with van der Waals surface area (Å²) in [5.41, 5.74) is 2.40. The Bertz CT molecular complexity index is 891. The predicted octanol–water partition coefficient (Wildman–Crippen LogP) is 2.80. The van der Waals surface area contributed by atoms with Gasteiger partial charge in [-0.25, -0.2) is 4.39 Å². The summed E-state index contributed by atoms with van der Waals surface area (Å²) >= 11 is 1.41. The number of benzene rings is 2. The maximum absolute atomic E-state index is 13.8. The standard InChI is InChI=1S/C21H22FN3O2S/c22-17-7-3-1-6-15(17)13-28-21-23-16(11-19(26)24-21)12-20(27)25-10-9-14-5-2-4-8-18(14)25/h1-8,16,21,23H,9-13H2,(H,24,26). The van der Waals surface area contributed by atoms with Gasteiger partial charge in [0.2, 0.25) is 11.8 Å². The van der Waals surface area contributed by atoms with Gasteiger partial charge in [-0.3, -0.25) is 14.9 Å². The second-order valence-electron chi connectivity index (χ2n) is 7.05. The van der Waals surface area contributed by atoms with Crippen molar-refractivity contribution in [2.24, 2.45) is 0 Å². The zero-order valence-corrected chi connectivity index (χ0v) is 16.2. The first kappa shape index (κ1) is 19.0. The summed E-state index contributed by atoms with van der Waals surface area (Å²) < 4.78 is 13.8. The Kier molecular flexibility index (Phi) is 5.64. The Labute approximate surface area is 167 Å². The van der Waals surface area contributed by atoms with Crippen LogP contribution >= 0.6 is 11.8 Å². The number of nitrogens with one attached hydrogen (secondary N) is 2. The highest BCUT2D eigenvalue weighted by Gasteiger charge is 2.31. The van der Waals surface area contributed by atoms with E-state index in [4.69, 9.17) is 0 Å². The van der Waals surface area contributed by atoms with Crippen molar-refractivity contribution >= 4 is 29.3 Å². The number of rotatable bonds is 5. The van der Waals surface area contributed by atoms with E-state index in [1.165, 1.54) is 23.4 Å². The van der Waals surface area contributed by atoms with Crippen LogP contribution in [0.5, 0.6) is 0 Å². The van der Waals surface area contributed by atoms with Crippen LogP contribution < -0.4 is 15.5 Å². The average molecular weight is 399 g/mol. The van der Waals surface area contributed by atoms with Crippen LogP contribution in [0.4, 0.5) is 10.1 Å². The quantitative estimate of drug-likeness (QED) is 0.812. The van der Waals surface area contributed by atoms with Crippen molar-refractivity contribution in [2.75, 3.05) is 11.4 Å². The molecule has 1 saturated heterocycles. The van der Waals surface area contributed by atoms with Gasteiger partial charge in [-0.15, -0.1) is 11.8 Å². The van der Waals surface area contributed by atoms with Gasteiger partial charge < -0.3 is 10.2 Å². The molecule has 0 aliphatic carbocycles. The third kappa shape index (κ3) is 4.20. The van der Waals surface area contributed by atoms with Crippen LogP contribution in [0, 0.1) is 5.82 Å². The second kappa shape index (κ2) is 8.32. The van der Waals surface area contributed by atoms with E-state index < -0.39 is 0 Å². The Hall–Kier alpha value is -2.38. The number of hydrogen-bond acceptors (Lipinski definition) is 4. The normalized spacial score (nSPS) is 21.3. The van der Waals surface area contributed by atoms with E-state index in [-0.39, 0.29) is 42.0 Å². The molecule has 2 N–H and O–H groups in total. The van der Waals surface area contributed by atoms with Gasteiger partial charge in [0.15, 0.2) is 0 Å². The number of nitrogens with zero attached hydrogens (tertiary/aromatic N) is 1. The van der Waals surface area contributed by atoms with E-state index in [2.05, 4.69) is 10.6 Å². The number of fused-ring (bicyclic) bond motifs is 1. The third-order valence-corrected chi connectivity index (χ3v) is 6.15. The molecule has 7 heteroatoms. The molecule has 2 unspecified atom stereocenters. The van der Waals surface area contributed by atoms with E-state index in [1.807, 2.05) is 29.2 Å². The molecule has 2 aliphatic heterocycles. The van der Waals surface area contributed by atoms with E-state index >= 15 is 0 Å². The van der Waals surface area contributed by atoms with Gasteiger partial charge in [0.25, 0.3) is 0 Å². The molecule has 2 aromatic carbocycles. The van der Waals surface area contributed by atoms with Crippen molar-refractivity contribution in [3.8, 4) is 0 Å².